The molecule has 5 heteroatoms. The Labute approximate surface area is 136 Å². The smallest absolute Gasteiger partial charge is 0.410 e. The van der Waals surface area contributed by atoms with Crippen LogP contribution in [-0.2, 0) is 9.53 Å². The van der Waals surface area contributed by atoms with Gasteiger partial charge in [0.15, 0.2) is 0 Å². The molecule has 23 heavy (non-hydrogen) atoms. The molecule has 0 N–H and O–H groups in total. The lowest BCUT2D eigenvalue weighted by Gasteiger charge is -2.35. The normalized spacial score (nSPS) is 17.7. The van der Waals surface area contributed by atoms with E-state index in [2.05, 4.69) is 0 Å². The first-order valence-electron chi connectivity index (χ1n) is 7.99. The molecule has 126 valence electrons. The third-order valence-corrected chi connectivity index (χ3v) is 4.11. The van der Waals surface area contributed by atoms with Crippen molar-refractivity contribution in [2.45, 2.75) is 45.1 Å². The fourth-order valence-electron chi connectivity index (χ4n) is 2.95. The van der Waals surface area contributed by atoms with Gasteiger partial charge in [0.05, 0.1) is 0 Å². The molecule has 2 rings (SSSR count). The lowest BCUT2D eigenvalue weighted by Crippen LogP contribution is -2.42. The Hall–Kier alpha value is -1.91. The molecule has 0 spiro atoms. The van der Waals surface area contributed by atoms with E-state index in [1.54, 1.807) is 23.1 Å². The van der Waals surface area contributed by atoms with Crippen molar-refractivity contribution in [3.63, 3.8) is 0 Å². The summed E-state index contributed by atoms with van der Waals surface area (Å²) in [6.45, 7) is 6.55. The Morgan fingerprint density at radius 1 is 1.30 bits per heavy atom. The molecule has 0 aliphatic carbocycles. The van der Waals surface area contributed by atoms with Crippen molar-refractivity contribution in [3.8, 4) is 0 Å². The first-order valence-corrected chi connectivity index (χ1v) is 7.99. The second kappa shape index (κ2) is 7.11. The third-order valence-electron chi connectivity index (χ3n) is 4.11. The van der Waals surface area contributed by atoms with Crippen molar-refractivity contribution in [2.75, 3.05) is 13.1 Å². The predicted molar refractivity (Wildman–Crippen MR) is 85.7 cm³/mol. The van der Waals surface area contributed by atoms with E-state index >= 15 is 0 Å². The van der Waals surface area contributed by atoms with Gasteiger partial charge in [-0.05, 0) is 51.2 Å². The van der Waals surface area contributed by atoms with Crippen molar-refractivity contribution in [1.82, 2.24) is 4.90 Å². The summed E-state index contributed by atoms with van der Waals surface area (Å²) in [6.07, 6.45) is 1.82. The zero-order valence-electron chi connectivity index (χ0n) is 13.9. The molecule has 1 aromatic carbocycles. The number of amides is 1. The van der Waals surface area contributed by atoms with Crippen LogP contribution < -0.4 is 0 Å². The second-order valence-electron chi connectivity index (χ2n) is 6.99. The minimum absolute atomic E-state index is 0.0445. The van der Waals surface area contributed by atoms with Crippen molar-refractivity contribution < 1.29 is 18.7 Å². The summed E-state index contributed by atoms with van der Waals surface area (Å²) in [5, 5.41) is 0. The zero-order valence-corrected chi connectivity index (χ0v) is 13.9. The van der Waals surface area contributed by atoms with Gasteiger partial charge < -0.3 is 14.4 Å². The summed E-state index contributed by atoms with van der Waals surface area (Å²) < 4.78 is 19.3. The predicted octanol–water partition coefficient (Wildman–Crippen LogP) is 3.76. The van der Waals surface area contributed by atoms with Crippen LogP contribution in [0.1, 0.15) is 45.1 Å². The molecule has 1 aromatic rings. The zero-order chi connectivity index (χ0) is 17.0. The highest BCUT2D eigenvalue weighted by Crippen LogP contribution is 2.33. The Bertz CT molecular complexity index is 560. The Morgan fingerprint density at radius 2 is 1.91 bits per heavy atom. The van der Waals surface area contributed by atoms with Gasteiger partial charge in [-0.25, -0.2) is 9.18 Å². The molecule has 0 aromatic heterocycles. The lowest BCUT2D eigenvalue weighted by atomic mass is 9.81. The van der Waals surface area contributed by atoms with E-state index in [9.17, 15) is 14.0 Å². The summed E-state index contributed by atoms with van der Waals surface area (Å²) in [5.74, 6) is -0.765. The van der Waals surface area contributed by atoms with Gasteiger partial charge in [0.2, 0.25) is 0 Å². The van der Waals surface area contributed by atoms with Crippen LogP contribution in [0.25, 0.3) is 0 Å². The largest absolute Gasteiger partial charge is 0.444 e. The summed E-state index contributed by atoms with van der Waals surface area (Å²) >= 11 is 0. The van der Waals surface area contributed by atoms with Crippen molar-refractivity contribution >= 4 is 12.4 Å². The summed E-state index contributed by atoms with van der Waals surface area (Å²) in [7, 11) is 0. The van der Waals surface area contributed by atoms with E-state index in [1.165, 1.54) is 6.07 Å². The van der Waals surface area contributed by atoms with E-state index < -0.39 is 11.5 Å². The number of carbonyl (C=O) groups is 2. The molecule has 1 heterocycles. The van der Waals surface area contributed by atoms with E-state index in [-0.39, 0.29) is 17.8 Å². The summed E-state index contributed by atoms with van der Waals surface area (Å²) in [6, 6.07) is 6.40. The quantitative estimate of drug-likeness (QED) is 0.797. The average Bonchev–Trinajstić information content (AvgIpc) is 2.49. The molecule has 1 aliphatic rings. The molecule has 1 atom stereocenters. The minimum atomic E-state index is -0.521. The van der Waals surface area contributed by atoms with E-state index in [0.717, 1.165) is 6.29 Å². The SMILES string of the molecule is CC(C)(C)OC(=O)N1CCC(C(C=O)c2ccccc2F)CC1. The standard InChI is InChI=1S/C18H24FNO3/c1-18(2,3)23-17(22)20-10-8-13(9-11-20)15(12-21)14-6-4-5-7-16(14)19/h4-7,12-13,15H,8-11H2,1-3H3. The number of likely N-dealkylation sites (tertiary alicyclic amines) is 1. The van der Waals surface area contributed by atoms with Crippen molar-refractivity contribution in [3.05, 3.63) is 35.6 Å². The van der Waals surface area contributed by atoms with Gasteiger partial charge in [0.25, 0.3) is 0 Å². The van der Waals surface area contributed by atoms with Gasteiger partial charge in [-0.3, -0.25) is 0 Å². The van der Waals surface area contributed by atoms with Crippen LogP contribution in [0.3, 0.4) is 0 Å². The number of ether oxygens (including phenoxy) is 1. The molecule has 1 unspecified atom stereocenters. The van der Waals surface area contributed by atoms with Crippen LogP contribution in [0.5, 0.6) is 0 Å². The molecular formula is C18H24FNO3. The first-order chi connectivity index (χ1) is 10.8. The van der Waals surface area contributed by atoms with E-state index in [4.69, 9.17) is 4.74 Å². The van der Waals surface area contributed by atoms with Crippen LogP contribution in [0.2, 0.25) is 0 Å². The molecule has 1 fully saturated rings. The number of piperidine rings is 1. The minimum Gasteiger partial charge on any atom is -0.444 e. The maximum atomic E-state index is 13.9. The summed E-state index contributed by atoms with van der Waals surface area (Å²) in [4.78, 5) is 25.2. The summed E-state index contributed by atoms with van der Waals surface area (Å²) in [5.41, 5.74) is -0.0786. The monoisotopic (exact) mass is 321 g/mol. The highest BCUT2D eigenvalue weighted by atomic mass is 19.1. The average molecular weight is 321 g/mol. The molecule has 0 saturated carbocycles. The Kier molecular flexibility index (Phi) is 5.39. The van der Waals surface area contributed by atoms with Crippen LogP contribution in [0.4, 0.5) is 9.18 Å². The fourth-order valence-corrected chi connectivity index (χ4v) is 2.95. The molecule has 1 amide bonds. The molecular weight excluding hydrogens is 297 g/mol. The highest BCUT2D eigenvalue weighted by molar-refractivity contribution is 5.68. The maximum absolute atomic E-state index is 13.9. The number of benzene rings is 1. The topological polar surface area (TPSA) is 46.6 Å². The van der Waals surface area contributed by atoms with Gasteiger partial charge in [-0.1, -0.05) is 18.2 Å². The number of hydrogen-bond donors (Lipinski definition) is 0. The number of aldehydes is 1. The number of carbonyl (C=O) groups excluding carboxylic acids is 2. The van der Waals surface area contributed by atoms with Crippen LogP contribution in [-0.4, -0.2) is 36.0 Å². The first kappa shape index (κ1) is 17.4. The van der Waals surface area contributed by atoms with Gasteiger partial charge in [-0.2, -0.15) is 0 Å². The lowest BCUT2D eigenvalue weighted by molar-refractivity contribution is -0.110. The molecule has 0 bridgehead atoms. The highest BCUT2D eigenvalue weighted by Gasteiger charge is 2.32. The van der Waals surface area contributed by atoms with Crippen molar-refractivity contribution in [2.24, 2.45) is 5.92 Å². The van der Waals surface area contributed by atoms with Gasteiger partial charge in [-0.15, -0.1) is 0 Å². The van der Waals surface area contributed by atoms with Crippen molar-refractivity contribution in [1.29, 1.82) is 0 Å². The van der Waals surface area contributed by atoms with E-state index in [0.29, 0.717) is 31.5 Å². The van der Waals surface area contributed by atoms with Crippen LogP contribution >= 0.6 is 0 Å². The number of hydrogen-bond acceptors (Lipinski definition) is 3. The fraction of sp³-hybridized carbons (Fsp3) is 0.556. The molecule has 1 saturated heterocycles. The Morgan fingerprint density at radius 3 is 2.43 bits per heavy atom. The second-order valence-corrected chi connectivity index (χ2v) is 6.99. The van der Waals surface area contributed by atoms with Gasteiger partial charge in [0, 0.05) is 19.0 Å². The van der Waals surface area contributed by atoms with Gasteiger partial charge >= 0.3 is 6.09 Å². The maximum Gasteiger partial charge on any atom is 0.410 e. The Balaban J connectivity index is 1.99. The third kappa shape index (κ3) is 4.53. The molecule has 1 aliphatic heterocycles. The number of rotatable bonds is 3. The van der Waals surface area contributed by atoms with Crippen LogP contribution in [0, 0.1) is 11.7 Å². The van der Waals surface area contributed by atoms with Crippen LogP contribution in [0.15, 0.2) is 24.3 Å². The number of halogens is 1. The van der Waals surface area contributed by atoms with E-state index in [1.807, 2.05) is 20.8 Å². The number of nitrogens with zero attached hydrogens (tertiary/aromatic N) is 1. The molecule has 4 nitrogen and oxygen atoms in total. The van der Waals surface area contributed by atoms with Gasteiger partial charge in [0.1, 0.15) is 17.7 Å². The molecule has 0 radical (unpaired) electrons.